The van der Waals surface area contributed by atoms with E-state index < -0.39 is 53.5 Å². The van der Waals surface area contributed by atoms with Crippen LogP contribution < -0.4 is 0 Å². The molecular formula is C15H14N2O8. The number of carboxylic acids is 2. The van der Waals surface area contributed by atoms with Crippen molar-refractivity contribution in [3.05, 3.63) is 39.9 Å². The maximum atomic E-state index is 12.5. The van der Waals surface area contributed by atoms with Crippen molar-refractivity contribution in [2.75, 3.05) is 0 Å². The first-order valence-corrected chi connectivity index (χ1v) is 7.27. The summed E-state index contributed by atoms with van der Waals surface area (Å²) in [5, 5.41) is 28.6. The van der Waals surface area contributed by atoms with Crippen molar-refractivity contribution in [2.45, 2.75) is 31.2 Å². The number of non-ortho nitro benzene ring substituents is 1. The molecule has 1 aromatic carbocycles. The smallest absolute Gasteiger partial charge is 0.326 e. The van der Waals surface area contributed by atoms with Gasteiger partial charge in [-0.25, -0.2) is 4.79 Å². The molecule has 0 saturated carbocycles. The molecule has 2 N–H and O–H groups in total. The summed E-state index contributed by atoms with van der Waals surface area (Å²) in [6.45, 7) is 0. The Morgan fingerprint density at radius 2 is 1.84 bits per heavy atom. The third-order valence-electron chi connectivity index (χ3n) is 3.92. The Hall–Kier alpha value is -3.30. The second-order valence-electron chi connectivity index (χ2n) is 5.49. The van der Waals surface area contributed by atoms with Gasteiger partial charge in [-0.3, -0.25) is 29.4 Å². The third kappa shape index (κ3) is 3.79. The SMILES string of the molecule is O=C(O)CC[C@@H](C(=O)O)N1C(=O)CC(c2ccc([N+](=O)[O-])cc2)C1=O. The third-order valence-corrected chi connectivity index (χ3v) is 3.92. The van der Waals surface area contributed by atoms with Crippen LogP contribution in [-0.2, 0) is 19.2 Å². The van der Waals surface area contributed by atoms with Crippen LogP contribution in [0.4, 0.5) is 5.69 Å². The Bertz CT molecular complexity index is 742. The predicted octanol–water partition coefficient (Wildman–Crippen LogP) is 0.755. The zero-order valence-corrected chi connectivity index (χ0v) is 12.8. The summed E-state index contributed by atoms with van der Waals surface area (Å²) in [6, 6.07) is 3.50. The first kappa shape index (κ1) is 18.0. The number of hydrogen-bond acceptors (Lipinski definition) is 6. The summed E-state index contributed by atoms with van der Waals surface area (Å²) < 4.78 is 0. The van der Waals surface area contributed by atoms with Crippen molar-refractivity contribution in [2.24, 2.45) is 0 Å². The Morgan fingerprint density at radius 1 is 1.24 bits per heavy atom. The van der Waals surface area contributed by atoms with Gasteiger partial charge in [-0.2, -0.15) is 0 Å². The van der Waals surface area contributed by atoms with Crippen molar-refractivity contribution in [3.8, 4) is 0 Å². The van der Waals surface area contributed by atoms with Crippen molar-refractivity contribution in [1.29, 1.82) is 0 Å². The lowest BCUT2D eigenvalue weighted by molar-refractivity contribution is -0.384. The van der Waals surface area contributed by atoms with E-state index in [9.17, 15) is 34.4 Å². The minimum atomic E-state index is -1.56. The first-order valence-electron chi connectivity index (χ1n) is 7.27. The lowest BCUT2D eigenvalue weighted by atomic mass is 9.97. The molecule has 0 bridgehead atoms. The van der Waals surface area contributed by atoms with E-state index in [1.807, 2.05) is 0 Å². The van der Waals surface area contributed by atoms with Gasteiger partial charge in [0.1, 0.15) is 6.04 Å². The van der Waals surface area contributed by atoms with Gasteiger partial charge in [0, 0.05) is 25.0 Å². The summed E-state index contributed by atoms with van der Waals surface area (Å²) in [6.07, 6.45) is -1.17. The zero-order valence-electron chi connectivity index (χ0n) is 12.8. The first-order chi connectivity index (χ1) is 11.7. The number of hydrogen-bond donors (Lipinski definition) is 2. The molecule has 2 amide bonds. The van der Waals surface area contributed by atoms with Crippen molar-refractivity contribution in [3.63, 3.8) is 0 Å². The summed E-state index contributed by atoms with van der Waals surface area (Å²) in [4.78, 5) is 57.2. The van der Waals surface area contributed by atoms with E-state index in [1.54, 1.807) is 0 Å². The fourth-order valence-corrected chi connectivity index (χ4v) is 2.69. The van der Waals surface area contributed by atoms with Gasteiger partial charge in [-0.15, -0.1) is 0 Å². The monoisotopic (exact) mass is 350 g/mol. The van der Waals surface area contributed by atoms with Crippen LogP contribution >= 0.6 is 0 Å². The van der Waals surface area contributed by atoms with E-state index in [4.69, 9.17) is 5.11 Å². The summed E-state index contributed by atoms with van der Waals surface area (Å²) >= 11 is 0. The lowest BCUT2D eigenvalue weighted by Gasteiger charge is -2.22. The highest BCUT2D eigenvalue weighted by Crippen LogP contribution is 2.32. The summed E-state index contributed by atoms with van der Waals surface area (Å²) in [5.74, 6) is -5.12. The molecule has 1 aliphatic rings. The molecule has 10 heteroatoms. The second-order valence-corrected chi connectivity index (χ2v) is 5.49. The molecule has 1 unspecified atom stereocenters. The highest BCUT2D eigenvalue weighted by atomic mass is 16.6. The van der Waals surface area contributed by atoms with Crippen LogP contribution in [0.1, 0.15) is 30.7 Å². The Morgan fingerprint density at radius 3 is 2.32 bits per heavy atom. The summed E-state index contributed by atoms with van der Waals surface area (Å²) in [7, 11) is 0. The Balaban J connectivity index is 2.24. The molecule has 132 valence electrons. The average Bonchev–Trinajstić information content (AvgIpc) is 2.83. The van der Waals surface area contributed by atoms with Gasteiger partial charge in [-0.1, -0.05) is 12.1 Å². The number of nitro groups is 1. The molecule has 0 aliphatic carbocycles. The fraction of sp³-hybridized carbons (Fsp3) is 0.333. The molecule has 0 radical (unpaired) electrons. The van der Waals surface area contributed by atoms with E-state index >= 15 is 0 Å². The van der Waals surface area contributed by atoms with E-state index in [0.29, 0.717) is 10.5 Å². The van der Waals surface area contributed by atoms with Crippen molar-refractivity contribution < 1.29 is 34.3 Å². The second kappa shape index (κ2) is 7.07. The quantitative estimate of drug-likeness (QED) is 0.415. The fourth-order valence-electron chi connectivity index (χ4n) is 2.69. The van der Waals surface area contributed by atoms with Gasteiger partial charge < -0.3 is 10.2 Å². The van der Waals surface area contributed by atoms with Gasteiger partial charge >= 0.3 is 11.9 Å². The predicted molar refractivity (Wildman–Crippen MR) is 80.6 cm³/mol. The maximum absolute atomic E-state index is 12.5. The minimum Gasteiger partial charge on any atom is -0.481 e. The average molecular weight is 350 g/mol. The van der Waals surface area contributed by atoms with Gasteiger partial charge in [0.15, 0.2) is 0 Å². The summed E-state index contributed by atoms with van der Waals surface area (Å²) in [5.41, 5.74) is 0.177. The number of carbonyl (C=O) groups is 4. The number of amides is 2. The number of aliphatic carboxylic acids is 2. The number of rotatable bonds is 7. The van der Waals surface area contributed by atoms with Gasteiger partial charge in [0.25, 0.3) is 5.69 Å². The van der Waals surface area contributed by atoms with Crippen LogP contribution in [0.15, 0.2) is 24.3 Å². The molecule has 1 fully saturated rings. The number of nitro benzene ring substituents is 1. The van der Waals surface area contributed by atoms with Crippen molar-refractivity contribution >= 4 is 29.4 Å². The largest absolute Gasteiger partial charge is 0.481 e. The molecule has 2 rings (SSSR count). The number of benzene rings is 1. The number of carbonyl (C=O) groups excluding carboxylic acids is 2. The van der Waals surface area contributed by atoms with E-state index in [-0.39, 0.29) is 12.1 Å². The number of likely N-dealkylation sites (tertiary alicyclic amines) is 1. The number of nitrogens with zero attached hydrogens (tertiary/aromatic N) is 2. The van der Waals surface area contributed by atoms with Gasteiger partial charge in [-0.05, 0) is 12.0 Å². The number of imide groups is 1. The molecule has 1 saturated heterocycles. The van der Waals surface area contributed by atoms with Crippen LogP contribution in [0.2, 0.25) is 0 Å². The highest BCUT2D eigenvalue weighted by Gasteiger charge is 2.45. The molecular weight excluding hydrogens is 336 g/mol. The molecule has 1 aromatic rings. The highest BCUT2D eigenvalue weighted by molar-refractivity contribution is 6.08. The van der Waals surface area contributed by atoms with Crippen LogP contribution in [0.5, 0.6) is 0 Å². The zero-order chi connectivity index (χ0) is 18.7. The van der Waals surface area contributed by atoms with Crippen LogP contribution in [0.3, 0.4) is 0 Å². The van der Waals surface area contributed by atoms with Crippen molar-refractivity contribution in [1.82, 2.24) is 4.90 Å². The minimum absolute atomic E-state index is 0.178. The standard InChI is InChI=1S/C15H14N2O8/c18-12-7-10(8-1-3-9(4-2-8)17(24)25)14(21)16(12)11(15(22)23)5-6-13(19)20/h1-4,10-11H,5-7H2,(H,19,20)(H,22,23)/t10?,11-/m0/s1. The Kier molecular flexibility index (Phi) is 5.11. The maximum Gasteiger partial charge on any atom is 0.326 e. The van der Waals surface area contributed by atoms with E-state index in [2.05, 4.69) is 0 Å². The molecule has 1 heterocycles. The van der Waals surface area contributed by atoms with Crippen LogP contribution in [0.25, 0.3) is 0 Å². The molecule has 10 nitrogen and oxygen atoms in total. The lowest BCUT2D eigenvalue weighted by Crippen LogP contribution is -2.45. The molecule has 0 spiro atoms. The number of carboxylic acid groups (broad SMARTS) is 2. The van der Waals surface area contributed by atoms with Crippen LogP contribution in [0, 0.1) is 10.1 Å². The van der Waals surface area contributed by atoms with Gasteiger partial charge in [0.05, 0.1) is 10.8 Å². The molecule has 0 aromatic heterocycles. The molecule has 1 aliphatic heterocycles. The van der Waals surface area contributed by atoms with E-state index in [0.717, 1.165) is 0 Å². The molecule has 2 atom stereocenters. The normalized spacial score (nSPS) is 18.2. The van der Waals surface area contributed by atoms with Gasteiger partial charge in [0.2, 0.25) is 11.8 Å². The topological polar surface area (TPSA) is 155 Å². The van der Waals surface area contributed by atoms with E-state index in [1.165, 1.54) is 24.3 Å². The van der Waals surface area contributed by atoms with Crippen LogP contribution in [-0.4, -0.2) is 49.8 Å². The Labute approximate surface area is 140 Å². The molecule has 25 heavy (non-hydrogen) atoms.